The monoisotopic (exact) mass is 228 g/mol. The van der Waals surface area contributed by atoms with Gasteiger partial charge in [0, 0.05) is 12.1 Å². The normalized spacial score (nSPS) is 22.3. The number of rotatable bonds is 2. The molecule has 0 bridgehead atoms. The average molecular weight is 228 g/mol. The standard InChI is InChI=1S/C10H14N2O2S/c1-12(2)10(7-15(13,14)8-10)9-5-3-4-6-11-9/h3-6H,7-8H2,1-2H3/p+2. The molecule has 0 radical (unpaired) electrons. The van der Waals surface area contributed by atoms with Gasteiger partial charge in [-0.25, -0.2) is 13.4 Å². The number of quaternary nitrogens is 1. The van der Waals surface area contributed by atoms with Crippen molar-refractivity contribution in [3.05, 3.63) is 30.1 Å². The minimum absolute atomic E-state index is 0.239. The van der Waals surface area contributed by atoms with Crippen LogP contribution < -0.4 is 9.88 Å². The molecule has 4 nitrogen and oxygen atoms in total. The number of H-pyrrole nitrogens is 1. The minimum Gasteiger partial charge on any atom is -0.324 e. The van der Waals surface area contributed by atoms with Crippen LogP contribution >= 0.6 is 0 Å². The van der Waals surface area contributed by atoms with E-state index < -0.39 is 9.84 Å². The number of aromatic amines is 1. The maximum Gasteiger partial charge on any atom is 0.243 e. The van der Waals surface area contributed by atoms with E-state index in [1.807, 2.05) is 38.5 Å². The molecule has 0 atom stereocenters. The van der Waals surface area contributed by atoms with Crippen molar-refractivity contribution in [3.8, 4) is 0 Å². The number of sulfone groups is 1. The Hall–Kier alpha value is -0.940. The van der Waals surface area contributed by atoms with E-state index in [4.69, 9.17) is 0 Å². The van der Waals surface area contributed by atoms with Crippen molar-refractivity contribution in [3.63, 3.8) is 0 Å². The molecule has 0 spiro atoms. The number of hydrogen-bond donors (Lipinski definition) is 1. The topological polar surface area (TPSA) is 52.7 Å². The highest BCUT2D eigenvalue weighted by Crippen LogP contribution is 2.28. The summed E-state index contributed by atoms with van der Waals surface area (Å²) in [7, 11) is 1.17. The Labute approximate surface area is 89.9 Å². The molecule has 5 heteroatoms. The summed E-state index contributed by atoms with van der Waals surface area (Å²) in [6, 6.07) is 5.79. The van der Waals surface area contributed by atoms with Crippen molar-refractivity contribution >= 4 is 9.84 Å². The fraction of sp³-hybridized carbons (Fsp3) is 0.500. The van der Waals surface area contributed by atoms with Crippen LogP contribution in [-0.2, 0) is 15.4 Å². The third kappa shape index (κ3) is 1.66. The van der Waals surface area contributed by atoms with Gasteiger partial charge >= 0.3 is 0 Å². The van der Waals surface area contributed by atoms with Gasteiger partial charge in [-0.3, -0.25) is 0 Å². The van der Waals surface area contributed by atoms with Gasteiger partial charge in [0.25, 0.3) is 0 Å². The first-order valence-corrected chi connectivity index (χ1v) is 6.77. The largest absolute Gasteiger partial charge is 0.324 e. The molecule has 15 heavy (non-hydrogen) atoms. The summed E-state index contributed by atoms with van der Waals surface area (Å²) in [5.41, 5.74) is 0.722. The number of hydrogen-bond acceptors (Lipinski definition) is 2. The molecular weight excluding hydrogens is 212 g/mol. The van der Waals surface area contributed by atoms with Gasteiger partial charge in [-0.2, -0.15) is 0 Å². The van der Waals surface area contributed by atoms with Crippen LogP contribution in [0.4, 0.5) is 0 Å². The highest BCUT2D eigenvalue weighted by molar-refractivity contribution is 7.92. The van der Waals surface area contributed by atoms with Crippen molar-refractivity contribution < 1.29 is 18.3 Å². The molecule has 0 saturated carbocycles. The molecule has 0 amide bonds. The van der Waals surface area contributed by atoms with E-state index in [0.717, 1.165) is 10.6 Å². The SMILES string of the molecule is C[NH+](C)C1(c2cccc[nH+]2)CS(=O)(=O)C1. The Kier molecular flexibility index (Phi) is 2.31. The van der Waals surface area contributed by atoms with Crippen molar-refractivity contribution in [1.29, 1.82) is 0 Å². The Balaban J connectivity index is 2.40. The van der Waals surface area contributed by atoms with Gasteiger partial charge < -0.3 is 4.90 Å². The summed E-state index contributed by atoms with van der Waals surface area (Å²) < 4.78 is 22.7. The molecular formula is C10H16N2O2S+2. The Morgan fingerprint density at radius 3 is 2.40 bits per heavy atom. The Morgan fingerprint density at radius 1 is 1.33 bits per heavy atom. The molecule has 1 aromatic rings. The van der Waals surface area contributed by atoms with Gasteiger partial charge in [0.1, 0.15) is 11.5 Å². The first-order valence-electron chi connectivity index (χ1n) is 4.95. The highest BCUT2D eigenvalue weighted by Gasteiger charge is 2.59. The fourth-order valence-electron chi connectivity index (χ4n) is 2.11. The molecule has 0 aromatic carbocycles. The van der Waals surface area contributed by atoms with Crippen molar-refractivity contribution in [2.45, 2.75) is 5.54 Å². The molecule has 1 fully saturated rings. The summed E-state index contributed by atoms with van der Waals surface area (Å²) in [5.74, 6) is 0.478. The van der Waals surface area contributed by atoms with Gasteiger partial charge in [0.15, 0.2) is 16.0 Å². The average Bonchev–Trinajstić information content (AvgIpc) is 2.14. The van der Waals surface area contributed by atoms with Gasteiger partial charge in [-0.05, 0) is 6.07 Å². The summed E-state index contributed by atoms with van der Waals surface area (Å²) in [5, 5.41) is 0. The maximum atomic E-state index is 11.4. The Bertz CT molecular complexity index is 442. The van der Waals surface area contributed by atoms with Crippen LogP contribution in [0.5, 0.6) is 0 Å². The van der Waals surface area contributed by atoms with Crippen LogP contribution in [0.25, 0.3) is 0 Å². The smallest absolute Gasteiger partial charge is 0.243 e. The van der Waals surface area contributed by atoms with E-state index in [-0.39, 0.29) is 17.0 Å². The second kappa shape index (κ2) is 3.28. The highest BCUT2D eigenvalue weighted by atomic mass is 32.2. The molecule has 82 valence electrons. The first kappa shape index (κ1) is 10.6. The lowest BCUT2D eigenvalue weighted by Crippen LogP contribution is -3.17. The van der Waals surface area contributed by atoms with Crippen LogP contribution in [0.2, 0.25) is 0 Å². The molecule has 0 aliphatic carbocycles. The predicted molar refractivity (Wildman–Crippen MR) is 56.1 cm³/mol. The van der Waals surface area contributed by atoms with E-state index in [9.17, 15) is 8.42 Å². The van der Waals surface area contributed by atoms with Crippen LogP contribution in [0.3, 0.4) is 0 Å². The van der Waals surface area contributed by atoms with Gasteiger partial charge in [-0.1, -0.05) is 0 Å². The van der Waals surface area contributed by atoms with E-state index in [1.165, 1.54) is 0 Å². The second-order valence-corrected chi connectivity index (χ2v) is 6.46. The second-order valence-electron chi connectivity index (χ2n) is 4.39. The quantitative estimate of drug-likeness (QED) is 0.654. The molecule has 2 heterocycles. The third-order valence-corrected chi connectivity index (χ3v) is 4.98. The van der Waals surface area contributed by atoms with Gasteiger partial charge in [-0.15, -0.1) is 0 Å². The zero-order chi connectivity index (χ0) is 11.1. The summed E-state index contributed by atoms with van der Waals surface area (Å²) in [6.45, 7) is 0. The number of nitrogens with one attached hydrogen (secondary N) is 2. The lowest BCUT2D eigenvalue weighted by Gasteiger charge is -2.39. The first-order chi connectivity index (χ1) is 6.96. The lowest BCUT2D eigenvalue weighted by molar-refractivity contribution is -0.925. The number of aromatic nitrogens is 1. The van der Waals surface area contributed by atoms with Crippen LogP contribution in [0.15, 0.2) is 24.4 Å². The zero-order valence-electron chi connectivity index (χ0n) is 8.95. The molecule has 2 N–H and O–H groups in total. The summed E-state index contributed by atoms with van der Waals surface area (Å²) in [6.07, 6.45) is 1.84. The van der Waals surface area contributed by atoms with Crippen LogP contribution in [0, 0.1) is 0 Å². The van der Waals surface area contributed by atoms with Gasteiger partial charge in [0.05, 0.1) is 14.1 Å². The van der Waals surface area contributed by atoms with E-state index in [0.29, 0.717) is 0 Å². The summed E-state index contributed by atoms with van der Waals surface area (Å²) in [4.78, 5) is 4.30. The molecule has 2 rings (SSSR count). The van der Waals surface area contributed by atoms with Crippen LogP contribution in [0.1, 0.15) is 5.69 Å². The molecule has 1 aromatic heterocycles. The van der Waals surface area contributed by atoms with E-state index in [1.54, 1.807) is 0 Å². The molecule has 0 unspecified atom stereocenters. The predicted octanol–water partition coefficient (Wildman–Crippen LogP) is -1.73. The van der Waals surface area contributed by atoms with Crippen molar-refractivity contribution in [2.24, 2.45) is 0 Å². The van der Waals surface area contributed by atoms with Crippen molar-refractivity contribution in [2.75, 3.05) is 25.6 Å². The lowest BCUT2D eigenvalue weighted by atomic mass is 9.97. The Morgan fingerprint density at radius 2 is 2.00 bits per heavy atom. The van der Waals surface area contributed by atoms with Crippen molar-refractivity contribution in [1.82, 2.24) is 0 Å². The molecule has 1 aliphatic rings. The zero-order valence-corrected chi connectivity index (χ0v) is 9.76. The number of pyridine rings is 1. The molecule has 1 saturated heterocycles. The maximum absolute atomic E-state index is 11.4. The fourth-order valence-corrected chi connectivity index (χ4v) is 4.42. The third-order valence-electron chi connectivity index (χ3n) is 3.11. The molecule has 1 aliphatic heterocycles. The van der Waals surface area contributed by atoms with Gasteiger partial charge in [0.2, 0.25) is 11.2 Å². The minimum atomic E-state index is -2.82. The van der Waals surface area contributed by atoms with E-state index >= 15 is 0 Å². The van der Waals surface area contributed by atoms with Crippen LogP contribution in [-0.4, -0.2) is 34.0 Å². The summed E-state index contributed by atoms with van der Waals surface area (Å²) >= 11 is 0. The van der Waals surface area contributed by atoms with E-state index in [2.05, 4.69) is 4.98 Å².